The van der Waals surface area contributed by atoms with Crippen LogP contribution < -0.4 is 4.74 Å². The molecule has 0 bridgehead atoms. The first-order valence-electron chi connectivity index (χ1n) is 6.70. The maximum atomic E-state index is 11.0. The highest BCUT2D eigenvalue weighted by molar-refractivity contribution is 5.89. The smallest absolute Gasteiger partial charge is 0.132 e. The summed E-state index contributed by atoms with van der Waals surface area (Å²) in [4.78, 5) is 0. The standard InChI is InChI=1S/C16H16O2/c17-16-10-4-3-7-14(16)18-13-9-8-11-5-1-2-6-12(11)15(13)16/h1-2,5-6,8-9,14,17H,3-4,7,10H2. The van der Waals surface area contributed by atoms with Crippen LogP contribution in [0.2, 0.25) is 0 Å². The van der Waals surface area contributed by atoms with E-state index >= 15 is 0 Å². The van der Waals surface area contributed by atoms with Gasteiger partial charge in [-0.1, -0.05) is 30.3 Å². The molecule has 2 aromatic rings. The number of rotatable bonds is 0. The summed E-state index contributed by atoms with van der Waals surface area (Å²) in [6, 6.07) is 12.3. The van der Waals surface area contributed by atoms with Gasteiger partial charge in [-0.2, -0.15) is 0 Å². The van der Waals surface area contributed by atoms with Crippen molar-refractivity contribution in [1.82, 2.24) is 0 Å². The molecule has 1 aliphatic carbocycles. The van der Waals surface area contributed by atoms with E-state index in [0.29, 0.717) is 0 Å². The van der Waals surface area contributed by atoms with E-state index in [2.05, 4.69) is 18.2 Å². The van der Waals surface area contributed by atoms with E-state index in [4.69, 9.17) is 4.74 Å². The van der Waals surface area contributed by atoms with Crippen LogP contribution >= 0.6 is 0 Å². The number of hydrogen-bond donors (Lipinski definition) is 1. The maximum Gasteiger partial charge on any atom is 0.132 e. The van der Waals surface area contributed by atoms with Gasteiger partial charge in [0.15, 0.2) is 0 Å². The van der Waals surface area contributed by atoms with Crippen molar-refractivity contribution < 1.29 is 9.84 Å². The van der Waals surface area contributed by atoms with Gasteiger partial charge < -0.3 is 9.84 Å². The third kappa shape index (κ3) is 1.21. The summed E-state index contributed by atoms with van der Waals surface area (Å²) in [5.41, 5.74) is 0.249. The summed E-state index contributed by atoms with van der Waals surface area (Å²) in [6.45, 7) is 0. The van der Waals surface area contributed by atoms with Gasteiger partial charge in [-0.3, -0.25) is 0 Å². The van der Waals surface area contributed by atoms with Gasteiger partial charge in [-0.25, -0.2) is 0 Å². The van der Waals surface area contributed by atoms with Crippen molar-refractivity contribution in [2.45, 2.75) is 37.4 Å². The van der Waals surface area contributed by atoms with Gasteiger partial charge in [0.1, 0.15) is 17.5 Å². The minimum Gasteiger partial charge on any atom is -0.487 e. The van der Waals surface area contributed by atoms with Crippen molar-refractivity contribution >= 4 is 10.8 Å². The Balaban J connectivity index is 2.02. The molecule has 2 unspecified atom stereocenters. The van der Waals surface area contributed by atoms with Crippen molar-refractivity contribution in [1.29, 1.82) is 0 Å². The van der Waals surface area contributed by atoms with E-state index in [1.807, 2.05) is 18.2 Å². The lowest BCUT2D eigenvalue weighted by Crippen LogP contribution is -2.40. The number of aliphatic hydroxyl groups is 1. The first-order valence-corrected chi connectivity index (χ1v) is 6.70. The zero-order valence-corrected chi connectivity index (χ0v) is 10.2. The minimum atomic E-state index is -0.769. The van der Waals surface area contributed by atoms with E-state index in [1.54, 1.807) is 0 Å². The summed E-state index contributed by atoms with van der Waals surface area (Å²) in [5, 5.41) is 13.4. The van der Waals surface area contributed by atoms with Crippen LogP contribution in [0.5, 0.6) is 5.75 Å². The van der Waals surface area contributed by atoms with Gasteiger partial charge in [-0.15, -0.1) is 0 Å². The fraction of sp³-hybridized carbons (Fsp3) is 0.375. The number of fused-ring (bicyclic) bond motifs is 5. The van der Waals surface area contributed by atoms with E-state index in [9.17, 15) is 5.11 Å². The molecule has 0 aromatic heterocycles. The summed E-state index contributed by atoms with van der Waals surface area (Å²) in [5.74, 6) is 0.878. The minimum absolute atomic E-state index is 0.0490. The van der Waals surface area contributed by atoms with Crippen LogP contribution in [0.1, 0.15) is 31.2 Å². The first kappa shape index (κ1) is 10.4. The van der Waals surface area contributed by atoms with Gasteiger partial charge in [0.2, 0.25) is 0 Å². The molecular weight excluding hydrogens is 224 g/mol. The first-order chi connectivity index (χ1) is 8.79. The van der Waals surface area contributed by atoms with Gasteiger partial charge in [-0.05, 0) is 42.5 Å². The molecule has 2 nitrogen and oxygen atoms in total. The molecule has 4 rings (SSSR count). The summed E-state index contributed by atoms with van der Waals surface area (Å²) >= 11 is 0. The maximum absolute atomic E-state index is 11.0. The number of hydrogen-bond acceptors (Lipinski definition) is 2. The van der Waals surface area contributed by atoms with Crippen LogP contribution in [-0.2, 0) is 5.60 Å². The van der Waals surface area contributed by atoms with E-state index in [1.165, 1.54) is 5.39 Å². The SMILES string of the molecule is OC12CCCCC1Oc1ccc3ccccc3c12. The molecule has 0 amide bonds. The molecule has 0 saturated heterocycles. The Morgan fingerprint density at radius 3 is 2.94 bits per heavy atom. The summed E-state index contributed by atoms with van der Waals surface area (Å²) < 4.78 is 5.97. The average molecular weight is 240 g/mol. The molecule has 1 heterocycles. The lowest BCUT2D eigenvalue weighted by molar-refractivity contribution is -0.0667. The van der Waals surface area contributed by atoms with E-state index < -0.39 is 5.60 Å². The lowest BCUT2D eigenvalue weighted by atomic mass is 9.77. The second-order valence-corrected chi connectivity index (χ2v) is 5.44. The Bertz CT molecular complexity index is 620. The number of benzene rings is 2. The highest BCUT2D eigenvalue weighted by atomic mass is 16.5. The van der Waals surface area contributed by atoms with E-state index in [-0.39, 0.29) is 6.10 Å². The molecule has 2 aliphatic rings. The predicted octanol–water partition coefficient (Wildman–Crippen LogP) is 3.36. The molecule has 1 fully saturated rings. The average Bonchev–Trinajstić information content (AvgIpc) is 2.71. The molecule has 2 aromatic carbocycles. The Labute approximate surface area is 106 Å². The third-order valence-electron chi connectivity index (χ3n) is 4.40. The lowest BCUT2D eigenvalue weighted by Gasteiger charge is -2.33. The van der Waals surface area contributed by atoms with Gasteiger partial charge in [0, 0.05) is 5.56 Å². The Morgan fingerprint density at radius 2 is 2.00 bits per heavy atom. The van der Waals surface area contributed by atoms with Crippen LogP contribution in [0.25, 0.3) is 10.8 Å². The van der Waals surface area contributed by atoms with Crippen LogP contribution in [0.3, 0.4) is 0 Å². The quantitative estimate of drug-likeness (QED) is 0.765. The van der Waals surface area contributed by atoms with Gasteiger partial charge in [0.25, 0.3) is 0 Å². The Hall–Kier alpha value is -1.54. The Kier molecular flexibility index (Phi) is 2.01. The molecule has 1 aliphatic heterocycles. The van der Waals surface area contributed by atoms with Crippen LogP contribution in [0, 0.1) is 0 Å². The Morgan fingerprint density at radius 1 is 1.11 bits per heavy atom. The van der Waals surface area contributed by atoms with Gasteiger partial charge >= 0.3 is 0 Å². The normalized spacial score (nSPS) is 29.7. The van der Waals surface area contributed by atoms with Gasteiger partial charge in [0.05, 0.1) is 0 Å². The molecule has 1 N–H and O–H groups in total. The van der Waals surface area contributed by atoms with Crippen molar-refractivity contribution in [2.75, 3.05) is 0 Å². The highest BCUT2D eigenvalue weighted by Gasteiger charge is 2.49. The number of ether oxygens (including phenoxy) is 1. The second kappa shape index (κ2) is 3.48. The summed E-state index contributed by atoms with van der Waals surface area (Å²) in [6.07, 6.45) is 3.96. The zero-order valence-electron chi connectivity index (χ0n) is 10.2. The van der Waals surface area contributed by atoms with Crippen LogP contribution in [0.15, 0.2) is 36.4 Å². The molecule has 2 atom stereocenters. The molecule has 92 valence electrons. The van der Waals surface area contributed by atoms with Crippen LogP contribution in [-0.4, -0.2) is 11.2 Å². The predicted molar refractivity (Wildman–Crippen MR) is 70.7 cm³/mol. The third-order valence-corrected chi connectivity index (χ3v) is 4.40. The van der Waals surface area contributed by atoms with Crippen molar-refractivity contribution in [3.8, 4) is 5.75 Å². The fourth-order valence-electron chi connectivity index (χ4n) is 3.52. The second-order valence-electron chi connectivity index (χ2n) is 5.44. The fourth-order valence-corrected chi connectivity index (χ4v) is 3.52. The highest BCUT2D eigenvalue weighted by Crippen LogP contribution is 2.51. The van der Waals surface area contributed by atoms with Crippen molar-refractivity contribution in [2.24, 2.45) is 0 Å². The largest absolute Gasteiger partial charge is 0.487 e. The van der Waals surface area contributed by atoms with Crippen molar-refractivity contribution in [3.63, 3.8) is 0 Å². The van der Waals surface area contributed by atoms with Crippen molar-refractivity contribution in [3.05, 3.63) is 42.0 Å². The molecule has 18 heavy (non-hydrogen) atoms. The molecule has 1 saturated carbocycles. The molecule has 2 heteroatoms. The monoisotopic (exact) mass is 240 g/mol. The van der Waals surface area contributed by atoms with E-state index in [0.717, 1.165) is 42.4 Å². The molecular formula is C16H16O2. The molecule has 0 spiro atoms. The zero-order chi connectivity index (χ0) is 12.2. The topological polar surface area (TPSA) is 29.5 Å². The molecule has 0 radical (unpaired) electrons. The summed E-state index contributed by atoms with van der Waals surface area (Å²) in [7, 11) is 0. The van der Waals surface area contributed by atoms with Crippen LogP contribution in [0.4, 0.5) is 0 Å².